The summed E-state index contributed by atoms with van der Waals surface area (Å²) < 4.78 is 42.9. The van der Waals surface area contributed by atoms with Gasteiger partial charge in [0, 0.05) is 31.1 Å². The molecular weight excluding hydrogens is 459 g/mol. The van der Waals surface area contributed by atoms with Gasteiger partial charge in [-0.25, -0.2) is 23.1 Å². The third kappa shape index (κ3) is 4.15. The molecule has 3 aromatic heterocycles. The van der Waals surface area contributed by atoms with E-state index in [1.54, 1.807) is 24.6 Å². The van der Waals surface area contributed by atoms with Gasteiger partial charge in [-0.15, -0.1) is 10.2 Å². The van der Waals surface area contributed by atoms with Crippen molar-refractivity contribution >= 4 is 28.4 Å². The van der Waals surface area contributed by atoms with Crippen molar-refractivity contribution in [2.24, 2.45) is 0 Å². The number of amides is 1. The number of aromatic nitrogens is 5. The lowest BCUT2D eigenvalue weighted by atomic mass is 9.89. The van der Waals surface area contributed by atoms with Gasteiger partial charge in [0.2, 0.25) is 5.91 Å². The maximum atomic E-state index is 14.8. The lowest BCUT2D eigenvalue weighted by molar-refractivity contribution is -0.129. The molecule has 0 unspecified atom stereocenters. The van der Waals surface area contributed by atoms with Crippen molar-refractivity contribution in [1.29, 1.82) is 0 Å². The van der Waals surface area contributed by atoms with Crippen LogP contribution in [0.15, 0.2) is 36.9 Å². The molecule has 1 fully saturated rings. The molecule has 1 amide bonds. The van der Waals surface area contributed by atoms with Crippen LogP contribution in [0.25, 0.3) is 16.7 Å². The Morgan fingerprint density at radius 2 is 1.89 bits per heavy atom. The van der Waals surface area contributed by atoms with Gasteiger partial charge in [-0.05, 0) is 31.7 Å². The van der Waals surface area contributed by atoms with E-state index in [4.69, 9.17) is 0 Å². The number of alkyl halides is 2. The number of halogens is 3. The topological polar surface area (TPSA) is 88.3 Å². The van der Waals surface area contributed by atoms with Crippen molar-refractivity contribution in [3.05, 3.63) is 59.4 Å². The van der Waals surface area contributed by atoms with E-state index >= 15 is 0 Å². The van der Waals surface area contributed by atoms with Crippen LogP contribution in [0, 0.1) is 5.82 Å². The molecule has 1 aliphatic heterocycles. The summed E-state index contributed by atoms with van der Waals surface area (Å²) in [4.78, 5) is 22.3. The molecule has 35 heavy (non-hydrogen) atoms. The maximum absolute atomic E-state index is 14.8. The summed E-state index contributed by atoms with van der Waals surface area (Å²) in [5, 5.41) is 12.2. The molecule has 0 aliphatic carbocycles. The zero-order valence-corrected chi connectivity index (χ0v) is 19.3. The van der Waals surface area contributed by atoms with Crippen molar-refractivity contribution in [2.75, 3.05) is 18.4 Å². The van der Waals surface area contributed by atoms with Crippen LogP contribution in [0.3, 0.4) is 0 Å². The van der Waals surface area contributed by atoms with Gasteiger partial charge in [-0.3, -0.25) is 9.20 Å². The number of nitrogens with one attached hydrogen (secondary N) is 1. The highest BCUT2D eigenvalue weighted by atomic mass is 19.3. The van der Waals surface area contributed by atoms with E-state index in [0.29, 0.717) is 35.6 Å². The number of pyridine rings is 1. The van der Waals surface area contributed by atoms with E-state index in [1.165, 1.54) is 18.5 Å². The molecule has 0 radical (unpaired) electrons. The first-order valence-corrected chi connectivity index (χ1v) is 11.4. The van der Waals surface area contributed by atoms with Gasteiger partial charge in [0.05, 0.1) is 17.0 Å². The van der Waals surface area contributed by atoms with Gasteiger partial charge >= 0.3 is 0 Å². The van der Waals surface area contributed by atoms with Gasteiger partial charge in [-0.2, -0.15) is 0 Å². The van der Waals surface area contributed by atoms with Gasteiger partial charge in [0.1, 0.15) is 24.3 Å². The first-order valence-electron chi connectivity index (χ1n) is 11.4. The van der Waals surface area contributed by atoms with Crippen molar-refractivity contribution in [3.63, 3.8) is 0 Å². The van der Waals surface area contributed by atoms with Gasteiger partial charge in [-0.1, -0.05) is 18.2 Å². The molecule has 1 saturated heterocycles. The number of rotatable bonds is 5. The molecule has 8 nitrogen and oxygen atoms in total. The second-order valence-corrected chi connectivity index (χ2v) is 8.78. The van der Waals surface area contributed by atoms with Crippen molar-refractivity contribution in [1.82, 2.24) is 29.5 Å². The molecule has 4 aromatic rings. The molecule has 4 heterocycles. The number of benzene rings is 1. The van der Waals surface area contributed by atoms with Gasteiger partial charge < -0.3 is 10.2 Å². The minimum atomic E-state index is -2.90. The van der Waals surface area contributed by atoms with Crippen molar-refractivity contribution in [3.8, 4) is 0 Å². The molecule has 0 saturated carbocycles. The van der Waals surface area contributed by atoms with Crippen molar-refractivity contribution in [2.45, 2.75) is 45.1 Å². The normalized spacial score (nSPS) is 15.8. The van der Waals surface area contributed by atoms with E-state index in [9.17, 15) is 18.0 Å². The highest BCUT2D eigenvalue weighted by molar-refractivity contribution is 5.90. The van der Waals surface area contributed by atoms with Crippen LogP contribution >= 0.6 is 0 Å². The number of hydrogen-bond acceptors (Lipinski definition) is 6. The minimum Gasteiger partial charge on any atom is -0.363 e. The minimum absolute atomic E-state index is 0.0617. The molecule has 182 valence electrons. The summed E-state index contributed by atoms with van der Waals surface area (Å²) >= 11 is 0. The highest BCUT2D eigenvalue weighted by Gasteiger charge is 2.26. The Bertz CT molecular complexity index is 1400. The largest absolute Gasteiger partial charge is 0.363 e. The van der Waals surface area contributed by atoms with Gasteiger partial charge in [0.25, 0.3) is 6.43 Å². The standard InChI is InChI=1S/C24H24F3N7O/c1-13(16-4-3-5-17(20(16)25)21(26)27)31-22-19-10-18(15-6-8-33(9-7-15)14(2)35)24-32-30-12-34(24)23(19)29-11-28-22/h3-5,10-13,15,21H,6-9H2,1-2H3,(H,28,29,31)/t13-/m1/s1. The number of fused-ring (bicyclic) bond motifs is 3. The fraction of sp³-hybridized carbons (Fsp3) is 0.375. The molecule has 0 bridgehead atoms. The monoisotopic (exact) mass is 483 g/mol. The van der Waals surface area contributed by atoms with Crippen LogP contribution in [-0.2, 0) is 4.79 Å². The number of carbonyl (C=O) groups excluding carboxylic acids is 1. The maximum Gasteiger partial charge on any atom is 0.266 e. The molecule has 1 aliphatic rings. The second kappa shape index (κ2) is 9.12. The predicted molar refractivity (Wildman–Crippen MR) is 124 cm³/mol. The van der Waals surface area contributed by atoms with Crippen LogP contribution in [0.5, 0.6) is 0 Å². The lowest BCUT2D eigenvalue weighted by Crippen LogP contribution is -2.36. The molecule has 5 rings (SSSR count). The quantitative estimate of drug-likeness (QED) is 0.445. The highest BCUT2D eigenvalue weighted by Crippen LogP contribution is 2.35. The van der Waals surface area contributed by atoms with E-state index in [2.05, 4.69) is 25.5 Å². The SMILES string of the molecule is CC(=O)N1CCC(c2cc3c(N[C@H](C)c4cccc(C(F)F)c4F)ncnc3n3cnnc23)CC1. The molecular formula is C24H24F3N7O. The van der Waals surface area contributed by atoms with Crippen LogP contribution in [0.2, 0.25) is 0 Å². The number of likely N-dealkylation sites (tertiary alicyclic amines) is 1. The summed E-state index contributed by atoms with van der Waals surface area (Å²) in [5.41, 5.74) is 1.72. The summed E-state index contributed by atoms with van der Waals surface area (Å²) in [7, 11) is 0. The van der Waals surface area contributed by atoms with Gasteiger partial charge in [0.15, 0.2) is 11.3 Å². The number of nitrogens with zero attached hydrogens (tertiary/aromatic N) is 6. The predicted octanol–water partition coefficient (Wildman–Crippen LogP) is 4.65. The summed E-state index contributed by atoms with van der Waals surface area (Å²) in [6, 6.07) is 5.32. The summed E-state index contributed by atoms with van der Waals surface area (Å²) in [5.74, 6) is -0.263. The molecule has 1 N–H and O–H groups in total. The van der Waals surface area contributed by atoms with E-state index in [0.717, 1.165) is 24.5 Å². The smallest absolute Gasteiger partial charge is 0.266 e. The fourth-order valence-electron chi connectivity index (χ4n) is 4.79. The lowest BCUT2D eigenvalue weighted by Gasteiger charge is -2.31. The number of anilines is 1. The second-order valence-electron chi connectivity index (χ2n) is 8.78. The first kappa shape index (κ1) is 23.0. The Hall–Kier alpha value is -3.76. The Morgan fingerprint density at radius 3 is 2.60 bits per heavy atom. The Labute approximate surface area is 199 Å². The molecule has 1 atom stereocenters. The number of carbonyl (C=O) groups is 1. The van der Waals surface area contributed by atoms with E-state index in [1.807, 2.05) is 11.0 Å². The van der Waals surface area contributed by atoms with E-state index < -0.39 is 23.8 Å². The molecule has 0 spiro atoms. The first-order chi connectivity index (χ1) is 16.8. The fourth-order valence-corrected chi connectivity index (χ4v) is 4.79. The zero-order chi connectivity index (χ0) is 24.7. The van der Waals surface area contributed by atoms with Crippen LogP contribution in [-0.4, -0.2) is 48.5 Å². The van der Waals surface area contributed by atoms with Crippen LogP contribution in [0.4, 0.5) is 19.0 Å². The zero-order valence-electron chi connectivity index (χ0n) is 19.3. The average molecular weight is 483 g/mol. The van der Waals surface area contributed by atoms with Crippen LogP contribution in [0.1, 0.15) is 61.8 Å². The summed E-state index contributed by atoms with van der Waals surface area (Å²) in [6.45, 7) is 4.58. The van der Waals surface area contributed by atoms with Crippen LogP contribution < -0.4 is 5.32 Å². The number of hydrogen-bond donors (Lipinski definition) is 1. The Kier molecular flexibility index (Phi) is 6.00. The number of piperidine rings is 1. The third-order valence-corrected chi connectivity index (χ3v) is 6.69. The molecule has 11 heteroatoms. The summed E-state index contributed by atoms with van der Waals surface area (Å²) in [6.07, 6.45) is 1.63. The Morgan fingerprint density at radius 1 is 1.14 bits per heavy atom. The average Bonchev–Trinajstić information content (AvgIpc) is 3.34. The molecule has 1 aromatic carbocycles. The van der Waals surface area contributed by atoms with E-state index in [-0.39, 0.29) is 17.4 Å². The Balaban J connectivity index is 1.54. The van der Waals surface area contributed by atoms with Crippen molar-refractivity contribution < 1.29 is 18.0 Å². The third-order valence-electron chi connectivity index (χ3n) is 6.69.